The second-order valence-corrected chi connectivity index (χ2v) is 7.37. The molecule has 0 bridgehead atoms. The van der Waals surface area contributed by atoms with Crippen LogP contribution < -0.4 is 5.73 Å². The molecule has 1 heterocycles. The van der Waals surface area contributed by atoms with Gasteiger partial charge in [0, 0.05) is 22.4 Å². The maximum absolute atomic E-state index is 12.8. The molecule has 0 saturated heterocycles. The number of halogens is 2. The number of nitrogens with two attached hydrogens (primary N) is 1. The summed E-state index contributed by atoms with van der Waals surface area (Å²) < 4.78 is 0.976. The Morgan fingerprint density at radius 1 is 1.30 bits per heavy atom. The molecule has 23 heavy (non-hydrogen) atoms. The summed E-state index contributed by atoms with van der Waals surface area (Å²) in [7, 11) is 0. The van der Waals surface area contributed by atoms with Crippen molar-refractivity contribution >= 4 is 45.6 Å². The van der Waals surface area contributed by atoms with Crippen LogP contribution in [0.25, 0.3) is 0 Å². The highest BCUT2D eigenvalue weighted by Crippen LogP contribution is 2.23. The molecular formula is C17H22BrClN2OS. The first-order valence-electron chi connectivity index (χ1n) is 7.32. The van der Waals surface area contributed by atoms with Gasteiger partial charge < -0.3 is 10.6 Å². The van der Waals surface area contributed by atoms with Gasteiger partial charge in [0.15, 0.2) is 0 Å². The largest absolute Gasteiger partial charge is 0.341 e. The standard InChI is InChI=1S/C17H21BrN2OS.ClH/c1-3-20(11-10-15-5-4-12-22-15)16(21)17(2,19)13-6-8-14(18)9-7-13;/h4-9,12H,3,10-11,19H2,1-2H3;1H. The quantitative estimate of drug-likeness (QED) is 0.765. The zero-order valence-corrected chi connectivity index (χ0v) is 16.5. The summed E-state index contributed by atoms with van der Waals surface area (Å²) in [6.45, 7) is 5.13. The van der Waals surface area contributed by atoms with Crippen LogP contribution in [0.4, 0.5) is 0 Å². The van der Waals surface area contributed by atoms with E-state index in [1.165, 1.54) is 4.88 Å². The van der Waals surface area contributed by atoms with Crippen LogP contribution in [0.15, 0.2) is 46.3 Å². The van der Waals surface area contributed by atoms with E-state index < -0.39 is 5.54 Å². The summed E-state index contributed by atoms with van der Waals surface area (Å²) in [6, 6.07) is 11.8. The van der Waals surface area contributed by atoms with Crippen molar-refractivity contribution < 1.29 is 4.79 Å². The van der Waals surface area contributed by atoms with Gasteiger partial charge in [-0.05, 0) is 49.4 Å². The third-order valence-electron chi connectivity index (χ3n) is 3.77. The highest BCUT2D eigenvalue weighted by molar-refractivity contribution is 9.10. The fourth-order valence-electron chi connectivity index (χ4n) is 2.35. The Bertz CT molecular complexity index is 614. The Morgan fingerprint density at radius 3 is 2.48 bits per heavy atom. The average molecular weight is 418 g/mol. The lowest BCUT2D eigenvalue weighted by Gasteiger charge is -2.31. The molecule has 126 valence electrons. The molecule has 3 nitrogen and oxygen atoms in total. The number of thiophene rings is 1. The molecule has 1 unspecified atom stereocenters. The highest BCUT2D eigenvalue weighted by Gasteiger charge is 2.33. The van der Waals surface area contributed by atoms with Crippen molar-refractivity contribution in [3.63, 3.8) is 0 Å². The van der Waals surface area contributed by atoms with Crippen molar-refractivity contribution in [3.05, 3.63) is 56.7 Å². The van der Waals surface area contributed by atoms with Crippen LogP contribution in [0, 0.1) is 0 Å². The molecule has 0 aliphatic carbocycles. The number of carbonyl (C=O) groups is 1. The predicted octanol–water partition coefficient (Wildman–Crippen LogP) is 4.20. The molecule has 6 heteroatoms. The number of carbonyl (C=O) groups excluding carboxylic acids is 1. The van der Waals surface area contributed by atoms with Crippen molar-refractivity contribution in [3.8, 4) is 0 Å². The van der Waals surface area contributed by atoms with E-state index in [1.54, 1.807) is 18.3 Å². The van der Waals surface area contributed by atoms with Crippen molar-refractivity contribution in [2.24, 2.45) is 5.73 Å². The lowest BCUT2D eigenvalue weighted by atomic mass is 9.91. The van der Waals surface area contributed by atoms with Crippen LogP contribution in [0.2, 0.25) is 0 Å². The summed E-state index contributed by atoms with van der Waals surface area (Å²) in [5.74, 6) is -0.0334. The second-order valence-electron chi connectivity index (χ2n) is 5.42. The smallest absolute Gasteiger partial charge is 0.246 e. The first-order chi connectivity index (χ1) is 10.4. The molecule has 0 radical (unpaired) electrons. The fraction of sp³-hybridized carbons (Fsp3) is 0.353. The number of nitrogens with zero attached hydrogens (tertiary/aromatic N) is 1. The SMILES string of the molecule is CCN(CCc1cccs1)C(=O)C(C)(N)c1ccc(Br)cc1.Cl. The van der Waals surface area contributed by atoms with Gasteiger partial charge in [-0.15, -0.1) is 23.7 Å². The topological polar surface area (TPSA) is 46.3 Å². The van der Waals surface area contributed by atoms with Crippen LogP contribution in [0.5, 0.6) is 0 Å². The van der Waals surface area contributed by atoms with Crippen molar-refractivity contribution in [1.29, 1.82) is 0 Å². The van der Waals surface area contributed by atoms with Gasteiger partial charge >= 0.3 is 0 Å². The maximum atomic E-state index is 12.8. The number of likely N-dealkylation sites (N-methyl/N-ethyl adjacent to an activating group) is 1. The van der Waals surface area contributed by atoms with E-state index in [2.05, 4.69) is 27.4 Å². The molecule has 0 spiro atoms. The number of rotatable bonds is 6. The van der Waals surface area contributed by atoms with E-state index >= 15 is 0 Å². The van der Waals surface area contributed by atoms with E-state index in [4.69, 9.17) is 5.73 Å². The molecule has 2 rings (SSSR count). The van der Waals surface area contributed by atoms with Crippen LogP contribution in [0.1, 0.15) is 24.3 Å². The minimum absolute atomic E-state index is 0. The third kappa shape index (κ3) is 5.05. The summed E-state index contributed by atoms with van der Waals surface area (Å²) in [5, 5.41) is 2.06. The van der Waals surface area contributed by atoms with Gasteiger partial charge in [-0.3, -0.25) is 4.79 Å². The molecule has 0 aliphatic heterocycles. The van der Waals surface area contributed by atoms with Gasteiger partial charge in [0.25, 0.3) is 0 Å². The molecular weight excluding hydrogens is 396 g/mol. The second kappa shape index (κ2) is 8.83. The van der Waals surface area contributed by atoms with Gasteiger partial charge in [0.2, 0.25) is 5.91 Å². The molecule has 0 aliphatic rings. The molecule has 2 N–H and O–H groups in total. The van der Waals surface area contributed by atoms with Gasteiger partial charge in [-0.25, -0.2) is 0 Å². The Balaban J connectivity index is 0.00000264. The lowest BCUT2D eigenvalue weighted by Crippen LogP contribution is -2.51. The van der Waals surface area contributed by atoms with Crippen molar-refractivity contribution in [2.75, 3.05) is 13.1 Å². The maximum Gasteiger partial charge on any atom is 0.246 e. The van der Waals surface area contributed by atoms with Crippen LogP contribution in [-0.4, -0.2) is 23.9 Å². The van der Waals surface area contributed by atoms with Gasteiger partial charge in [-0.1, -0.05) is 34.1 Å². The van der Waals surface area contributed by atoms with Crippen LogP contribution in [0.3, 0.4) is 0 Å². The molecule has 2 aromatic rings. The molecule has 0 saturated carbocycles. The van der Waals surface area contributed by atoms with E-state index in [1.807, 2.05) is 42.2 Å². The molecule has 1 aromatic carbocycles. The number of benzene rings is 1. The molecule has 1 atom stereocenters. The summed E-state index contributed by atoms with van der Waals surface area (Å²) >= 11 is 5.12. The third-order valence-corrected chi connectivity index (χ3v) is 5.23. The summed E-state index contributed by atoms with van der Waals surface area (Å²) in [6.07, 6.45) is 0.869. The van der Waals surface area contributed by atoms with Gasteiger partial charge in [0.05, 0.1) is 0 Å². The number of hydrogen-bond donors (Lipinski definition) is 1. The average Bonchev–Trinajstić information content (AvgIpc) is 3.01. The Kier molecular flexibility index (Phi) is 7.74. The van der Waals surface area contributed by atoms with Crippen molar-refractivity contribution in [2.45, 2.75) is 25.8 Å². The molecule has 1 amide bonds. The Morgan fingerprint density at radius 2 is 1.96 bits per heavy atom. The minimum atomic E-state index is -1.01. The van der Waals surface area contributed by atoms with E-state index in [0.717, 1.165) is 16.5 Å². The van der Waals surface area contributed by atoms with E-state index in [9.17, 15) is 4.79 Å². The van der Waals surface area contributed by atoms with Gasteiger partial charge in [0.1, 0.15) is 5.54 Å². The summed E-state index contributed by atoms with van der Waals surface area (Å²) in [5.41, 5.74) is 6.17. The first kappa shape index (κ1) is 20.2. The van der Waals surface area contributed by atoms with Gasteiger partial charge in [-0.2, -0.15) is 0 Å². The molecule has 1 aromatic heterocycles. The fourth-order valence-corrected chi connectivity index (χ4v) is 3.31. The first-order valence-corrected chi connectivity index (χ1v) is 8.99. The van der Waals surface area contributed by atoms with E-state index in [-0.39, 0.29) is 18.3 Å². The van der Waals surface area contributed by atoms with E-state index in [0.29, 0.717) is 13.1 Å². The number of hydrogen-bond acceptors (Lipinski definition) is 3. The van der Waals surface area contributed by atoms with Crippen LogP contribution in [-0.2, 0) is 16.8 Å². The summed E-state index contributed by atoms with van der Waals surface area (Å²) in [4.78, 5) is 16.0. The molecule has 0 fully saturated rings. The minimum Gasteiger partial charge on any atom is -0.341 e. The predicted molar refractivity (Wildman–Crippen MR) is 103 cm³/mol. The normalized spacial score (nSPS) is 13.0. The Hall–Kier alpha value is -0.880. The monoisotopic (exact) mass is 416 g/mol. The zero-order valence-electron chi connectivity index (χ0n) is 13.3. The number of amides is 1. The highest BCUT2D eigenvalue weighted by atomic mass is 79.9. The van der Waals surface area contributed by atoms with Crippen LogP contribution >= 0.6 is 39.7 Å². The van der Waals surface area contributed by atoms with Crippen molar-refractivity contribution in [1.82, 2.24) is 4.90 Å². The zero-order chi connectivity index (χ0) is 16.2. The Labute approximate surface area is 156 Å². The lowest BCUT2D eigenvalue weighted by molar-refractivity contribution is -0.136.